The molecule has 1 aromatic rings. The average Bonchev–Trinajstić information content (AvgIpc) is 2.47. The van der Waals surface area contributed by atoms with Crippen LogP contribution in [0.5, 0.6) is 0 Å². The number of rotatable bonds is 6. The van der Waals surface area contributed by atoms with Gasteiger partial charge in [-0.25, -0.2) is 0 Å². The van der Waals surface area contributed by atoms with Crippen molar-refractivity contribution in [3.8, 4) is 0 Å². The highest BCUT2D eigenvalue weighted by Gasteiger charge is 2.31. The summed E-state index contributed by atoms with van der Waals surface area (Å²) >= 11 is 4.62. The van der Waals surface area contributed by atoms with Gasteiger partial charge in [-0.3, -0.25) is 4.98 Å². The molecule has 0 aliphatic heterocycles. The number of nitrogens with zero attached hydrogens (tertiary/aromatic N) is 2. The molecule has 1 aliphatic rings. The third-order valence-corrected chi connectivity index (χ3v) is 5.00. The van der Waals surface area contributed by atoms with E-state index in [2.05, 4.69) is 41.7 Å². The lowest BCUT2D eigenvalue weighted by molar-refractivity contribution is 0.145. The predicted molar refractivity (Wildman–Crippen MR) is 84.8 cm³/mol. The van der Waals surface area contributed by atoms with Crippen LogP contribution in [0, 0.1) is 5.41 Å². The van der Waals surface area contributed by atoms with Crippen LogP contribution < -0.4 is 0 Å². The van der Waals surface area contributed by atoms with Crippen LogP contribution in [0.25, 0.3) is 0 Å². The first-order valence-electron chi connectivity index (χ1n) is 7.43. The van der Waals surface area contributed by atoms with E-state index in [1.165, 1.54) is 44.3 Å². The summed E-state index contributed by atoms with van der Waals surface area (Å²) in [5, 5.41) is 0. The Labute approximate surface area is 123 Å². The fourth-order valence-electron chi connectivity index (χ4n) is 3.17. The van der Waals surface area contributed by atoms with E-state index in [4.69, 9.17) is 0 Å². The summed E-state index contributed by atoms with van der Waals surface area (Å²) in [6.07, 6.45) is 9.80. The van der Waals surface area contributed by atoms with E-state index in [-0.39, 0.29) is 0 Å². The van der Waals surface area contributed by atoms with Crippen LogP contribution in [-0.2, 0) is 6.42 Å². The van der Waals surface area contributed by atoms with Gasteiger partial charge in [0, 0.05) is 31.4 Å². The van der Waals surface area contributed by atoms with Crippen LogP contribution in [-0.4, -0.2) is 35.8 Å². The molecule has 1 heterocycles. The van der Waals surface area contributed by atoms with E-state index < -0.39 is 0 Å². The van der Waals surface area contributed by atoms with Crippen LogP contribution >= 0.6 is 12.6 Å². The second-order valence-electron chi connectivity index (χ2n) is 6.03. The molecule has 0 radical (unpaired) electrons. The Hall–Kier alpha value is -0.540. The Kier molecular flexibility index (Phi) is 5.71. The summed E-state index contributed by atoms with van der Waals surface area (Å²) in [6, 6.07) is 6.16. The number of likely N-dealkylation sites (N-methyl/N-ethyl adjacent to an activating group) is 1. The minimum absolute atomic E-state index is 0.459. The standard InChI is InChI=1S/C16H26N2S/c1-18(12-8-15-7-3-6-11-17-15)13-16(14-19)9-4-2-5-10-16/h3,6-7,11,19H,2,4-5,8-10,12-14H2,1H3. The molecule has 0 bridgehead atoms. The molecule has 106 valence electrons. The molecule has 0 spiro atoms. The quantitative estimate of drug-likeness (QED) is 0.802. The first-order valence-corrected chi connectivity index (χ1v) is 8.07. The summed E-state index contributed by atoms with van der Waals surface area (Å²) < 4.78 is 0. The highest BCUT2D eigenvalue weighted by molar-refractivity contribution is 7.80. The van der Waals surface area contributed by atoms with E-state index in [1.54, 1.807) is 0 Å². The summed E-state index contributed by atoms with van der Waals surface area (Å²) in [5.74, 6) is 1.03. The SMILES string of the molecule is CN(CCc1ccccn1)CC1(CS)CCCCC1. The van der Waals surface area contributed by atoms with Gasteiger partial charge in [0.2, 0.25) is 0 Å². The fourth-order valence-corrected chi connectivity index (χ4v) is 3.59. The molecule has 1 fully saturated rings. The van der Waals surface area contributed by atoms with Crippen molar-refractivity contribution < 1.29 is 0 Å². The van der Waals surface area contributed by atoms with Gasteiger partial charge >= 0.3 is 0 Å². The van der Waals surface area contributed by atoms with E-state index >= 15 is 0 Å². The molecule has 2 rings (SSSR count). The lowest BCUT2D eigenvalue weighted by Crippen LogP contribution is -2.39. The van der Waals surface area contributed by atoms with Crippen molar-refractivity contribution in [3.05, 3.63) is 30.1 Å². The van der Waals surface area contributed by atoms with Gasteiger partial charge in [-0.1, -0.05) is 25.3 Å². The largest absolute Gasteiger partial charge is 0.305 e. The zero-order valence-electron chi connectivity index (χ0n) is 12.0. The van der Waals surface area contributed by atoms with Crippen LogP contribution in [0.2, 0.25) is 0 Å². The maximum atomic E-state index is 4.62. The van der Waals surface area contributed by atoms with Gasteiger partial charge in [-0.15, -0.1) is 0 Å². The van der Waals surface area contributed by atoms with Crippen molar-refractivity contribution in [1.29, 1.82) is 0 Å². The van der Waals surface area contributed by atoms with Gasteiger partial charge in [0.05, 0.1) is 0 Å². The lowest BCUT2D eigenvalue weighted by atomic mass is 9.75. The Bertz CT molecular complexity index is 360. The van der Waals surface area contributed by atoms with Crippen molar-refractivity contribution in [2.75, 3.05) is 25.9 Å². The molecule has 3 heteroatoms. The molecule has 1 aromatic heterocycles. The van der Waals surface area contributed by atoms with Crippen LogP contribution in [0.4, 0.5) is 0 Å². The highest BCUT2D eigenvalue weighted by atomic mass is 32.1. The minimum atomic E-state index is 0.459. The van der Waals surface area contributed by atoms with Gasteiger partial charge < -0.3 is 4.90 Å². The van der Waals surface area contributed by atoms with E-state index in [0.717, 1.165) is 18.7 Å². The molecule has 0 amide bonds. The number of thiol groups is 1. The van der Waals surface area contributed by atoms with Gasteiger partial charge in [-0.2, -0.15) is 12.6 Å². The molecule has 0 saturated heterocycles. The van der Waals surface area contributed by atoms with Crippen molar-refractivity contribution in [2.45, 2.75) is 38.5 Å². The second kappa shape index (κ2) is 7.30. The van der Waals surface area contributed by atoms with Crippen molar-refractivity contribution in [1.82, 2.24) is 9.88 Å². The Morgan fingerprint density at radius 2 is 2.05 bits per heavy atom. The molecule has 0 unspecified atom stereocenters. The molecule has 1 saturated carbocycles. The van der Waals surface area contributed by atoms with E-state index in [0.29, 0.717) is 5.41 Å². The second-order valence-corrected chi connectivity index (χ2v) is 6.34. The third kappa shape index (κ3) is 4.50. The smallest absolute Gasteiger partial charge is 0.0416 e. The lowest BCUT2D eigenvalue weighted by Gasteiger charge is -2.39. The van der Waals surface area contributed by atoms with E-state index in [9.17, 15) is 0 Å². The zero-order chi connectivity index (χ0) is 13.6. The minimum Gasteiger partial charge on any atom is -0.305 e. The Morgan fingerprint density at radius 3 is 2.68 bits per heavy atom. The topological polar surface area (TPSA) is 16.1 Å². The van der Waals surface area contributed by atoms with Crippen molar-refractivity contribution >= 4 is 12.6 Å². The summed E-state index contributed by atoms with van der Waals surface area (Å²) in [6.45, 7) is 2.27. The number of hydrogen-bond acceptors (Lipinski definition) is 3. The molecular weight excluding hydrogens is 252 g/mol. The summed E-state index contributed by atoms with van der Waals surface area (Å²) in [7, 11) is 2.24. The molecule has 2 nitrogen and oxygen atoms in total. The van der Waals surface area contributed by atoms with Crippen LogP contribution in [0.1, 0.15) is 37.8 Å². The van der Waals surface area contributed by atoms with Crippen LogP contribution in [0.3, 0.4) is 0 Å². The fraction of sp³-hybridized carbons (Fsp3) is 0.688. The first-order chi connectivity index (χ1) is 9.24. The van der Waals surface area contributed by atoms with Gasteiger partial charge in [-0.05, 0) is 43.2 Å². The van der Waals surface area contributed by atoms with Crippen molar-refractivity contribution in [3.63, 3.8) is 0 Å². The molecule has 19 heavy (non-hydrogen) atoms. The number of pyridine rings is 1. The number of aromatic nitrogens is 1. The molecule has 0 atom stereocenters. The molecule has 0 aromatic carbocycles. The highest BCUT2D eigenvalue weighted by Crippen LogP contribution is 2.37. The monoisotopic (exact) mass is 278 g/mol. The van der Waals surface area contributed by atoms with Crippen LogP contribution in [0.15, 0.2) is 24.4 Å². The first kappa shape index (κ1) is 14.9. The van der Waals surface area contributed by atoms with Gasteiger partial charge in [0.1, 0.15) is 0 Å². The van der Waals surface area contributed by atoms with Gasteiger partial charge in [0.25, 0.3) is 0 Å². The van der Waals surface area contributed by atoms with E-state index in [1.807, 2.05) is 12.3 Å². The zero-order valence-corrected chi connectivity index (χ0v) is 12.9. The normalized spacial score (nSPS) is 18.7. The van der Waals surface area contributed by atoms with Crippen molar-refractivity contribution in [2.24, 2.45) is 5.41 Å². The Morgan fingerprint density at radius 1 is 1.26 bits per heavy atom. The predicted octanol–water partition coefficient (Wildman–Crippen LogP) is 3.44. The summed E-state index contributed by atoms with van der Waals surface area (Å²) in [4.78, 5) is 6.86. The number of hydrogen-bond donors (Lipinski definition) is 1. The molecule has 0 N–H and O–H groups in total. The summed E-state index contributed by atoms with van der Waals surface area (Å²) in [5.41, 5.74) is 1.65. The third-order valence-electron chi connectivity index (χ3n) is 4.33. The maximum Gasteiger partial charge on any atom is 0.0416 e. The Balaban J connectivity index is 1.81. The maximum absolute atomic E-state index is 4.62. The van der Waals surface area contributed by atoms with Gasteiger partial charge in [0.15, 0.2) is 0 Å². The molecule has 1 aliphatic carbocycles. The molecular formula is C16H26N2S. The average molecular weight is 278 g/mol.